The van der Waals surface area contributed by atoms with Crippen LogP contribution in [-0.2, 0) is 21.4 Å². The van der Waals surface area contributed by atoms with Crippen molar-refractivity contribution < 1.29 is 17.6 Å². The number of aryl methyl sites for hydroxylation is 1. The number of nitrogens with zero attached hydrogens (tertiary/aromatic N) is 2. The van der Waals surface area contributed by atoms with Crippen LogP contribution in [0.1, 0.15) is 18.9 Å². The molecule has 0 bridgehead atoms. The van der Waals surface area contributed by atoms with Crippen molar-refractivity contribution in [2.75, 3.05) is 6.54 Å². The number of carbonyl (C=O) groups is 1. The Morgan fingerprint density at radius 3 is 2.76 bits per heavy atom. The quantitative estimate of drug-likeness (QED) is 0.732. The molecule has 0 spiro atoms. The molecule has 1 aromatic carbocycles. The summed E-state index contributed by atoms with van der Waals surface area (Å²) in [6.07, 6.45) is 5.77. The van der Waals surface area contributed by atoms with E-state index in [0.717, 1.165) is 12.1 Å². The second kappa shape index (κ2) is 8.21. The summed E-state index contributed by atoms with van der Waals surface area (Å²) in [5.74, 6) is -0.920. The number of halogens is 1. The summed E-state index contributed by atoms with van der Waals surface area (Å²) in [5.41, 5.74) is 0.221. The van der Waals surface area contributed by atoms with Crippen molar-refractivity contribution in [3.05, 3.63) is 48.3 Å². The molecule has 0 aliphatic heterocycles. The van der Waals surface area contributed by atoms with Crippen LogP contribution >= 0.6 is 0 Å². The van der Waals surface area contributed by atoms with E-state index in [9.17, 15) is 17.6 Å². The van der Waals surface area contributed by atoms with Gasteiger partial charge in [0.2, 0.25) is 15.9 Å². The third kappa shape index (κ3) is 5.36. The van der Waals surface area contributed by atoms with Gasteiger partial charge in [-0.3, -0.25) is 4.79 Å². The van der Waals surface area contributed by atoms with Gasteiger partial charge in [-0.15, -0.1) is 0 Å². The fourth-order valence-electron chi connectivity index (χ4n) is 2.23. The lowest BCUT2D eigenvalue weighted by molar-refractivity contribution is -0.120. The number of hydrogen-bond donors (Lipinski definition) is 2. The first-order valence-corrected chi connectivity index (χ1v) is 9.31. The first-order chi connectivity index (χ1) is 11.8. The van der Waals surface area contributed by atoms with E-state index in [1.54, 1.807) is 18.7 Å². The fourth-order valence-corrected chi connectivity index (χ4v) is 3.30. The minimum atomic E-state index is -3.88. The van der Waals surface area contributed by atoms with E-state index in [1.807, 2.05) is 11.5 Å². The molecule has 2 rings (SSSR count). The number of sulfonamides is 1. The molecule has 0 aliphatic carbocycles. The van der Waals surface area contributed by atoms with Crippen LogP contribution in [0.5, 0.6) is 0 Å². The number of hydrogen-bond acceptors (Lipinski definition) is 4. The van der Waals surface area contributed by atoms with Gasteiger partial charge in [-0.05, 0) is 37.1 Å². The molecule has 0 radical (unpaired) electrons. The Morgan fingerprint density at radius 1 is 1.40 bits per heavy atom. The van der Waals surface area contributed by atoms with Crippen LogP contribution in [0.4, 0.5) is 4.39 Å². The predicted molar refractivity (Wildman–Crippen MR) is 90.8 cm³/mol. The Hall–Kier alpha value is -2.26. The van der Waals surface area contributed by atoms with Gasteiger partial charge < -0.3 is 9.88 Å². The largest absolute Gasteiger partial charge is 0.350 e. The molecule has 9 heteroatoms. The highest BCUT2D eigenvalue weighted by Crippen LogP contribution is 2.13. The molecule has 2 aromatic rings. The van der Waals surface area contributed by atoms with Crippen LogP contribution in [-0.4, -0.2) is 36.5 Å². The maximum atomic E-state index is 13.3. The van der Waals surface area contributed by atoms with Crippen LogP contribution < -0.4 is 10.0 Å². The van der Waals surface area contributed by atoms with Crippen LogP contribution in [0.2, 0.25) is 0 Å². The third-order valence-corrected chi connectivity index (χ3v) is 5.11. The summed E-state index contributed by atoms with van der Waals surface area (Å²) in [7, 11) is -3.88. The van der Waals surface area contributed by atoms with Crippen LogP contribution in [0, 0.1) is 12.7 Å². The summed E-state index contributed by atoms with van der Waals surface area (Å²) in [6.45, 7) is 3.56. The van der Waals surface area contributed by atoms with Gasteiger partial charge in [0.25, 0.3) is 0 Å². The second-order valence-corrected chi connectivity index (χ2v) is 7.43. The zero-order chi connectivity index (χ0) is 18.4. The molecule has 0 saturated heterocycles. The SMILES string of the molecule is CC[C@@H](Cn1ccnc1)NC(=O)CNS(=O)(=O)c1ccc(F)c(C)c1. The predicted octanol–water partition coefficient (Wildman–Crippen LogP) is 1.20. The summed E-state index contributed by atoms with van der Waals surface area (Å²) in [4.78, 5) is 15.9. The molecule has 2 N–H and O–H groups in total. The Labute approximate surface area is 146 Å². The maximum Gasteiger partial charge on any atom is 0.241 e. The van der Waals surface area contributed by atoms with E-state index < -0.39 is 21.7 Å². The lowest BCUT2D eigenvalue weighted by Crippen LogP contribution is -2.43. The first-order valence-electron chi connectivity index (χ1n) is 7.82. The van der Waals surface area contributed by atoms with Gasteiger partial charge in [0, 0.05) is 25.0 Å². The molecule has 0 unspecified atom stereocenters. The number of benzene rings is 1. The zero-order valence-corrected chi connectivity index (χ0v) is 14.9. The van der Waals surface area contributed by atoms with Gasteiger partial charge in [-0.2, -0.15) is 0 Å². The molecule has 1 amide bonds. The highest BCUT2D eigenvalue weighted by molar-refractivity contribution is 7.89. The standard InChI is InChI=1S/C16H21FN4O3S/c1-3-13(10-21-7-6-18-11-21)20-16(22)9-19-25(23,24)14-4-5-15(17)12(2)8-14/h4-8,11,13,19H,3,9-10H2,1-2H3,(H,20,22)/t13-/m0/s1. The summed E-state index contributed by atoms with van der Waals surface area (Å²) in [6, 6.07) is 3.33. The van der Waals surface area contributed by atoms with Crippen LogP contribution in [0.25, 0.3) is 0 Å². The number of carbonyl (C=O) groups excluding carboxylic acids is 1. The Morgan fingerprint density at radius 2 is 2.16 bits per heavy atom. The number of rotatable bonds is 8. The molecule has 136 valence electrons. The molecule has 0 saturated carbocycles. The van der Waals surface area contributed by atoms with Crippen molar-refractivity contribution in [1.82, 2.24) is 19.6 Å². The average Bonchev–Trinajstić information content (AvgIpc) is 3.08. The Kier molecular flexibility index (Phi) is 6.27. The normalized spacial score (nSPS) is 12.8. The molecule has 7 nitrogen and oxygen atoms in total. The smallest absolute Gasteiger partial charge is 0.241 e. The van der Waals surface area contributed by atoms with Crippen molar-refractivity contribution in [3.63, 3.8) is 0 Å². The fraction of sp³-hybridized carbons (Fsp3) is 0.375. The number of nitrogens with one attached hydrogen (secondary N) is 2. The minimum absolute atomic E-state index is 0.0790. The van der Waals surface area contributed by atoms with E-state index in [4.69, 9.17) is 0 Å². The highest BCUT2D eigenvalue weighted by atomic mass is 32.2. The third-order valence-electron chi connectivity index (χ3n) is 3.71. The van der Waals surface area contributed by atoms with E-state index in [-0.39, 0.29) is 23.0 Å². The molecule has 25 heavy (non-hydrogen) atoms. The molecule has 0 aliphatic rings. The van der Waals surface area contributed by atoms with Gasteiger partial charge in [-0.25, -0.2) is 22.5 Å². The molecular weight excluding hydrogens is 347 g/mol. The Balaban J connectivity index is 1.92. The molecular formula is C16H21FN4O3S. The average molecular weight is 368 g/mol. The summed E-state index contributed by atoms with van der Waals surface area (Å²) < 4.78 is 41.7. The van der Waals surface area contributed by atoms with E-state index in [2.05, 4.69) is 15.0 Å². The lowest BCUT2D eigenvalue weighted by Gasteiger charge is -2.17. The van der Waals surface area contributed by atoms with Crippen molar-refractivity contribution in [2.45, 2.75) is 37.8 Å². The number of aromatic nitrogens is 2. The van der Waals surface area contributed by atoms with E-state index in [0.29, 0.717) is 13.0 Å². The zero-order valence-electron chi connectivity index (χ0n) is 14.1. The molecule has 1 atom stereocenters. The van der Waals surface area contributed by atoms with Gasteiger partial charge in [0.15, 0.2) is 0 Å². The van der Waals surface area contributed by atoms with Crippen molar-refractivity contribution in [1.29, 1.82) is 0 Å². The second-order valence-electron chi connectivity index (χ2n) is 5.67. The van der Waals surface area contributed by atoms with Gasteiger partial charge in [0.05, 0.1) is 17.8 Å². The molecule has 0 fully saturated rings. The van der Waals surface area contributed by atoms with E-state index >= 15 is 0 Å². The highest BCUT2D eigenvalue weighted by Gasteiger charge is 2.18. The summed E-state index contributed by atoms with van der Waals surface area (Å²) in [5, 5.41) is 2.78. The topological polar surface area (TPSA) is 93.1 Å². The molecule has 1 aromatic heterocycles. The first kappa shape index (κ1) is 19.1. The van der Waals surface area contributed by atoms with Crippen LogP contribution in [0.3, 0.4) is 0 Å². The van der Waals surface area contributed by atoms with Gasteiger partial charge >= 0.3 is 0 Å². The van der Waals surface area contributed by atoms with Crippen molar-refractivity contribution in [2.24, 2.45) is 0 Å². The van der Waals surface area contributed by atoms with Gasteiger partial charge in [-0.1, -0.05) is 6.92 Å². The monoisotopic (exact) mass is 368 g/mol. The maximum absolute atomic E-state index is 13.3. The lowest BCUT2D eigenvalue weighted by atomic mass is 10.2. The van der Waals surface area contributed by atoms with Gasteiger partial charge in [0.1, 0.15) is 5.82 Å². The van der Waals surface area contributed by atoms with Crippen LogP contribution in [0.15, 0.2) is 41.8 Å². The van der Waals surface area contributed by atoms with Crippen molar-refractivity contribution >= 4 is 15.9 Å². The Bertz CT molecular complexity index is 822. The van der Waals surface area contributed by atoms with E-state index in [1.165, 1.54) is 13.0 Å². The number of imidazole rings is 1. The van der Waals surface area contributed by atoms with Crippen molar-refractivity contribution in [3.8, 4) is 0 Å². The molecule has 1 heterocycles. The summed E-state index contributed by atoms with van der Waals surface area (Å²) >= 11 is 0. The number of amides is 1. The minimum Gasteiger partial charge on any atom is -0.350 e.